The van der Waals surface area contributed by atoms with Crippen molar-refractivity contribution < 1.29 is 85.1 Å². The van der Waals surface area contributed by atoms with Crippen LogP contribution in [0.15, 0.2) is 108 Å². The molecule has 8 saturated heterocycles. The molecule has 4 amide bonds. The van der Waals surface area contributed by atoms with Gasteiger partial charge in [0.25, 0.3) is 0 Å². The van der Waals surface area contributed by atoms with E-state index in [9.17, 15) is 85.1 Å². The van der Waals surface area contributed by atoms with Gasteiger partial charge in [0.1, 0.15) is 0 Å². The summed E-state index contributed by atoms with van der Waals surface area (Å²) in [5, 5.41) is 53.8. The van der Waals surface area contributed by atoms with Crippen molar-refractivity contribution in [2.45, 2.75) is 271 Å². The second-order valence-electron chi connectivity index (χ2n) is 42.8. The largest absolute Gasteiger partial charge is 0.481 e. The molecule has 0 bridgehead atoms. The predicted octanol–water partition coefficient (Wildman–Crippen LogP) is 20.4. The van der Waals surface area contributed by atoms with Crippen LogP contribution in [-0.4, -0.2) is 262 Å². The van der Waals surface area contributed by atoms with Crippen molar-refractivity contribution in [3.05, 3.63) is 171 Å². The van der Waals surface area contributed by atoms with E-state index >= 15 is 0 Å². The Morgan fingerprint density at radius 2 is 0.597 bits per heavy atom. The van der Waals surface area contributed by atoms with Gasteiger partial charge in [-0.15, -0.1) is 0 Å². The molecule has 144 heavy (non-hydrogen) atoms. The van der Waals surface area contributed by atoms with Crippen molar-refractivity contribution in [3.63, 3.8) is 0 Å². The maximum absolute atomic E-state index is 13.6. The Labute approximate surface area is 875 Å². The van der Waals surface area contributed by atoms with Crippen LogP contribution in [0.1, 0.15) is 241 Å². The fourth-order valence-corrected chi connectivity index (χ4v) is 25.4. The highest BCUT2D eigenvalue weighted by Crippen LogP contribution is 2.49. The van der Waals surface area contributed by atoms with Crippen LogP contribution in [0.25, 0.3) is 0 Å². The Bertz CT molecular complexity index is 5110. The Morgan fingerprint density at radius 1 is 0.333 bits per heavy atom. The quantitative estimate of drug-likeness (QED) is 0.0121. The molecule has 8 N–H and O–H groups in total. The minimum Gasteiger partial charge on any atom is -0.481 e. The van der Waals surface area contributed by atoms with E-state index in [0.29, 0.717) is 72.4 Å². The molecule has 8 heterocycles. The highest BCUT2D eigenvalue weighted by Gasteiger charge is 2.57. The van der Waals surface area contributed by atoms with Gasteiger partial charge in [0.05, 0.1) is 58.5 Å². The van der Waals surface area contributed by atoms with E-state index < -0.39 is 69.0 Å². The zero-order valence-electron chi connectivity index (χ0n) is 84.0. The van der Waals surface area contributed by atoms with Crippen LogP contribution in [0.4, 0.5) is 26.3 Å². The number of carboxylic acid groups (broad SMARTS) is 4. The molecule has 0 unspecified atom stereocenters. The van der Waals surface area contributed by atoms with E-state index in [4.69, 9.17) is 69.6 Å². The number of hydrogen-bond donors (Lipinski definition) is 8. The van der Waals surface area contributed by atoms with Crippen molar-refractivity contribution in [2.75, 3.05) is 131 Å². The van der Waals surface area contributed by atoms with E-state index in [1.807, 2.05) is 13.8 Å². The first-order valence-corrected chi connectivity index (χ1v) is 54.2. The summed E-state index contributed by atoms with van der Waals surface area (Å²) in [5.74, 6) is -5.90. The number of hydrogen-bond acceptors (Lipinski definition) is 16. The third-order valence-electron chi connectivity index (χ3n) is 32.2. The lowest BCUT2D eigenvalue weighted by atomic mass is 9.75. The Kier molecular flexibility index (Phi) is 42.6. The third kappa shape index (κ3) is 31.3. The molecule has 15 rings (SSSR count). The molecular weight excluding hydrogens is 1980 g/mol. The van der Waals surface area contributed by atoms with Crippen LogP contribution in [0.5, 0.6) is 0 Å². The van der Waals surface area contributed by atoms with Crippen LogP contribution >= 0.6 is 69.6 Å². The van der Waals surface area contributed by atoms with Gasteiger partial charge in [-0.1, -0.05) is 183 Å². The molecule has 4 aromatic carbocycles. The number of allylic oxidation sites excluding steroid dienone is 3. The molecular formula is C108H148Cl6F6N12O12. The lowest BCUT2D eigenvalue weighted by Gasteiger charge is -2.36. The van der Waals surface area contributed by atoms with E-state index in [1.165, 1.54) is 125 Å². The van der Waals surface area contributed by atoms with Gasteiger partial charge in [-0.05, 0) is 218 Å². The van der Waals surface area contributed by atoms with Gasteiger partial charge in [-0.3, -0.25) is 72.7 Å². The third-order valence-corrected chi connectivity index (χ3v) is 34.4. The molecule has 0 spiro atoms. The zero-order valence-corrected chi connectivity index (χ0v) is 88.5. The number of unbranched alkanes of at least 4 members (excludes halogenated alkanes) is 3. The number of likely N-dealkylation sites (tertiary alicyclic amines) is 8. The van der Waals surface area contributed by atoms with Crippen molar-refractivity contribution in [1.82, 2.24) is 60.5 Å². The minimum atomic E-state index is -4.57. The summed E-state index contributed by atoms with van der Waals surface area (Å²) in [6.45, 7) is 24.5. The molecule has 24 nitrogen and oxygen atoms in total. The Hall–Kier alpha value is -7.14. The number of aliphatic carboxylic acids is 4. The second kappa shape index (κ2) is 53.0. The number of carbonyl (C=O) groups excluding carboxylic acids is 4. The first kappa shape index (κ1) is 116. The number of nitrogens with zero attached hydrogens (tertiary/aromatic N) is 8. The van der Waals surface area contributed by atoms with Crippen molar-refractivity contribution in [1.29, 1.82) is 0 Å². The van der Waals surface area contributed by atoms with E-state index in [-0.39, 0.29) is 145 Å². The number of carboxylic acids is 4. The average Bonchev–Trinajstić information content (AvgIpc) is 1.58. The van der Waals surface area contributed by atoms with Gasteiger partial charge in [-0.2, -0.15) is 26.3 Å². The van der Waals surface area contributed by atoms with Crippen molar-refractivity contribution >= 4 is 117 Å². The monoisotopic (exact) mass is 2130 g/mol. The first-order chi connectivity index (χ1) is 68.5. The standard InChI is InChI=1S/C28H37ClF3N3O3.C27H37Cl2N3O3.C27H39ClF3N3O3.C26H35Cl2N3O3/c1-19-15-35(17-22-23(28(30,31)32)8-5-9-24(22)29)18-27(19,14-25(36)37)26(38)33-21-10-12-34(13-11-21)16-20-6-3-2-4-7-20;1-19-15-32(17-22-23(28)8-5-9-24(22)29)18-27(19,14-25(33)34)26(35)30-21-10-12-31(13-11-21)16-20-6-3-2-4-7-20;1-3-4-5-6-12-33-13-10-20(11-14-33)32-25(37)26(15-24(35)36)18-34(16-19(26)2)17-21-22(27(29,30)31)8-7-9-23(21)28;1-18-13-31(16-21-22(27)8-5-9-23(21)28)17-26(18,12-24(32)33)25(34)29-20-10-11-30(15-20)14-19-6-3-2-4-7-19/h5-6,8-9,19,21H,2-4,7,10-18H2,1H3,(H,33,38)(H,36,37);5-6,8-9,19,21H,2-4,7,10-18H2,1H3,(H,30,35)(H,33,34);7-9,19-20H,3-6,10-18H2,1-2H3,(H,32,37)(H,35,36);5-6,8-9,18,20H,2-4,7,10-17H2,1H3,(H,29,34)(H,32,33)/t2*19-,27+;19-,26+;18-,20-,26+/m0000/s1. The average molecular weight is 2130 g/mol. The number of carbonyl (C=O) groups is 8. The van der Waals surface area contributed by atoms with Crippen LogP contribution in [-0.2, 0) is 76.9 Å². The van der Waals surface area contributed by atoms with E-state index in [2.05, 4.69) is 75.8 Å². The molecule has 796 valence electrons. The number of benzene rings is 4. The van der Waals surface area contributed by atoms with E-state index in [0.717, 1.165) is 160 Å². The van der Waals surface area contributed by atoms with Crippen LogP contribution in [0.2, 0.25) is 30.1 Å². The zero-order chi connectivity index (χ0) is 104. The van der Waals surface area contributed by atoms with Gasteiger partial charge in [0, 0.05) is 216 Å². The van der Waals surface area contributed by atoms with Gasteiger partial charge in [0.15, 0.2) is 0 Å². The highest BCUT2D eigenvalue weighted by atomic mass is 35.5. The molecule has 0 saturated carbocycles. The summed E-state index contributed by atoms with van der Waals surface area (Å²) in [6, 6.07) is 18.2. The Balaban J connectivity index is 0.000000171. The fourth-order valence-electron chi connectivity index (χ4n) is 23.9. The second-order valence-corrected chi connectivity index (χ2v) is 45.3. The van der Waals surface area contributed by atoms with Gasteiger partial charge in [-0.25, -0.2) is 0 Å². The molecule has 11 aliphatic rings. The summed E-state index contributed by atoms with van der Waals surface area (Å²) >= 11 is 37.8. The fraction of sp³-hybridized carbons (Fsp3) is 0.648. The molecule has 4 aromatic rings. The smallest absolute Gasteiger partial charge is 0.416 e. The van der Waals surface area contributed by atoms with Crippen LogP contribution in [0, 0.1) is 45.3 Å². The molecule has 0 radical (unpaired) electrons. The summed E-state index contributed by atoms with van der Waals surface area (Å²) in [5.41, 5.74) is 0.0667. The Morgan fingerprint density at radius 3 is 0.882 bits per heavy atom. The summed E-state index contributed by atoms with van der Waals surface area (Å²) in [6.07, 6.45) is 22.3. The van der Waals surface area contributed by atoms with E-state index in [1.54, 1.807) is 65.6 Å². The summed E-state index contributed by atoms with van der Waals surface area (Å²) in [4.78, 5) is 119. The number of halogens is 12. The van der Waals surface area contributed by atoms with Gasteiger partial charge in [0.2, 0.25) is 23.6 Å². The number of piperidine rings is 3. The van der Waals surface area contributed by atoms with Crippen molar-refractivity contribution in [2.24, 2.45) is 45.3 Å². The predicted molar refractivity (Wildman–Crippen MR) is 552 cm³/mol. The molecule has 0 aromatic heterocycles. The lowest BCUT2D eigenvalue weighted by molar-refractivity contribution is -0.147. The maximum Gasteiger partial charge on any atom is 0.416 e. The highest BCUT2D eigenvalue weighted by molar-refractivity contribution is 6.36. The number of amides is 4. The molecule has 36 heteroatoms. The molecule has 8 fully saturated rings. The molecule has 8 aliphatic heterocycles. The molecule has 9 atom stereocenters. The first-order valence-electron chi connectivity index (χ1n) is 52.0. The topological polar surface area (TPSA) is 292 Å². The molecule has 3 aliphatic carbocycles. The van der Waals surface area contributed by atoms with Crippen molar-refractivity contribution in [3.8, 4) is 0 Å². The SMILES string of the molecule is CCCCCCN1CCC(NC(=O)[C@]2(CC(=O)O)CN(Cc3c(Cl)cccc3C(F)(F)F)C[C@@H]2C)CC1.C[C@H]1CN(Cc2c(Cl)cccc2C(F)(F)F)C[C@@]1(CC(=O)O)C(=O)NC1CCN(CC2=CCCCC2)CC1.C[C@H]1CN(Cc2c(Cl)cccc2Cl)C[C@@]1(CC(=O)O)C(=O)NC1CCN(CC2=CCCCC2)CC1.C[C@H]1CN(Cc2c(Cl)cccc2Cl)C[C@@]1(CC(=O)O)C(=O)N[C@H]1CCN(CC2=CCCCC2)C1. The lowest BCUT2D eigenvalue weighted by Crippen LogP contribution is -2.53. The maximum atomic E-state index is 13.6. The number of nitrogens with one attached hydrogen (secondary N) is 4. The summed E-state index contributed by atoms with van der Waals surface area (Å²) in [7, 11) is 0. The summed E-state index contributed by atoms with van der Waals surface area (Å²) < 4.78 is 81.7. The minimum absolute atomic E-state index is 0.00316. The van der Waals surface area contributed by atoms with Crippen LogP contribution in [0.3, 0.4) is 0 Å². The number of alkyl halides is 6. The number of rotatable bonds is 35. The van der Waals surface area contributed by atoms with Crippen LogP contribution < -0.4 is 21.3 Å². The van der Waals surface area contributed by atoms with Gasteiger partial charge < -0.3 is 46.6 Å². The van der Waals surface area contributed by atoms with Gasteiger partial charge >= 0.3 is 36.2 Å². The normalized spacial score (nSPS) is 26.0.